The lowest BCUT2D eigenvalue weighted by atomic mass is 9.76. The van der Waals surface area contributed by atoms with E-state index in [1.54, 1.807) is 0 Å². The van der Waals surface area contributed by atoms with Crippen molar-refractivity contribution in [2.45, 2.75) is 18.9 Å². The number of aliphatic hydroxyl groups excluding tert-OH is 1. The smallest absolute Gasteiger partial charge is 0.0744 e. The van der Waals surface area contributed by atoms with Crippen LogP contribution in [0.4, 0.5) is 0 Å². The van der Waals surface area contributed by atoms with E-state index in [0.29, 0.717) is 0 Å². The molecule has 2 saturated heterocycles. The molecule has 0 unspecified atom stereocenters. The van der Waals surface area contributed by atoms with Crippen LogP contribution in [0.15, 0.2) is 0 Å². The summed E-state index contributed by atoms with van der Waals surface area (Å²) in [5, 5.41) is 12.9. The molecule has 0 saturated carbocycles. The molecule has 0 bridgehead atoms. The second-order valence-electron chi connectivity index (χ2n) is 3.63. The van der Waals surface area contributed by atoms with Crippen molar-refractivity contribution < 1.29 is 9.84 Å². The van der Waals surface area contributed by atoms with Crippen LogP contribution < -0.4 is 5.32 Å². The zero-order valence-electron chi connectivity index (χ0n) is 7.08. The molecule has 0 aromatic rings. The third kappa shape index (κ3) is 1.59. The van der Waals surface area contributed by atoms with E-state index < -0.39 is 0 Å². The number of ether oxygens (including phenoxy) is 1. The van der Waals surface area contributed by atoms with Crippen LogP contribution in [0.25, 0.3) is 0 Å². The second kappa shape index (κ2) is 3.92. The molecule has 0 radical (unpaired) electrons. The molecular weight excluding hydrogens is 178 g/mol. The number of nitrogens with one attached hydrogen (secondary N) is 1. The van der Waals surface area contributed by atoms with E-state index in [4.69, 9.17) is 4.74 Å². The van der Waals surface area contributed by atoms with Crippen molar-refractivity contribution in [1.29, 1.82) is 0 Å². The molecule has 0 aliphatic carbocycles. The average molecular weight is 194 g/mol. The predicted molar refractivity (Wildman–Crippen MR) is 48.6 cm³/mol. The first kappa shape index (κ1) is 10.3. The van der Waals surface area contributed by atoms with Crippen LogP contribution in [0.3, 0.4) is 0 Å². The average Bonchev–Trinajstić information content (AvgIpc) is 2.46. The van der Waals surface area contributed by atoms with Crippen molar-refractivity contribution in [2.24, 2.45) is 5.41 Å². The van der Waals surface area contributed by atoms with Crippen molar-refractivity contribution in [3.8, 4) is 0 Å². The molecule has 2 rings (SSSR count). The molecule has 2 aliphatic rings. The molecule has 72 valence electrons. The minimum atomic E-state index is -0.196. The molecule has 2 atom stereocenters. The SMILES string of the molecule is Cl.O[C@@H]1CNCC[C@]12CCOC2. The van der Waals surface area contributed by atoms with Crippen LogP contribution in [0, 0.1) is 5.41 Å². The van der Waals surface area contributed by atoms with E-state index in [9.17, 15) is 5.11 Å². The van der Waals surface area contributed by atoms with Crippen molar-refractivity contribution in [3.05, 3.63) is 0 Å². The van der Waals surface area contributed by atoms with Crippen molar-refractivity contribution in [1.82, 2.24) is 5.32 Å². The molecule has 2 N–H and O–H groups in total. The first-order valence-corrected chi connectivity index (χ1v) is 4.30. The fourth-order valence-corrected chi connectivity index (χ4v) is 2.04. The van der Waals surface area contributed by atoms with Gasteiger partial charge in [-0.1, -0.05) is 0 Å². The van der Waals surface area contributed by atoms with Crippen LogP contribution in [0.2, 0.25) is 0 Å². The molecule has 4 heteroatoms. The van der Waals surface area contributed by atoms with Gasteiger partial charge in [0.25, 0.3) is 0 Å². The van der Waals surface area contributed by atoms with Gasteiger partial charge in [-0.25, -0.2) is 0 Å². The lowest BCUT2D eigenvalue weighted by Gasteiger charge is -2.37. The van der Waals surface area contributed by atoms with Crippen LogP contribution in [-0.4, -0.2) is 37.5 Å². The molecular formula is C8H16ClNO2. The Bertz CT molecular complexity index is 148. The summed E-state index contributed by atoms with van der Waals surface area (Å²) < 4.78 is 5.32. The first-order valence-electron chi connectivity index (χ1n) is 4.30. The van der Waals surface area contributed by atoms with Gasteiger partial charge in [0, 0.05) is 18.6 Å². The predicted octanol–water partition coefficient (Wildman–Crippen LogP) is 0.169. The Morgan fingerprint density at radius 2 is 2.25 bits per heavy atom. The first-order chi connectivity index (χ1) is 5.33. The number of hydrogen-bond acceptors (Lipinski definition) is 3. The maximum absolute atomic E-state index is 9.72. The largest absolute Gasteiger partial charge is 0.391 e. The number of halogens is 1. The van der Waals surface area contributed by atoms with Gasteiger partial charge < -0.3 is 15.2 Å². The van der Waals surface area contributed by atoms with E-state index >= 15 is 0 Å². The monoisotopic (exact) mass is 193 g/mol. The molecule has 1 spiro atoms. The Kier molecular flexibility index (Phi) is 3.35. The van der Waals surface area contributed by atoms with E-state index in [1.807, 2.05) is 0 Å². The highest BCUT2D eigenvalue weighted by molar-refractivity contribution is 5.85. The molecule has 0 amide bonds. The molecule has 2 fully saturated rings. The third-order valence-electron chi connectivity index (χ3n) is 2.98. The normalized spacial score (nSPS) is 41.2. The molecule has 2 aliphatic heterocycles. The summed E-state index contributed by atoms with van der Waals surface area (Å²) in [6.07, 6.45) is 1.91. The van der Waals surface area contributed by atoms with Gasteiger partial charge in [-0.15, -0.1) is 12.4 Å². The zero-order chi connectivity index (χ0) is 7.73. The van der Waals surface area contributed by atoms with Gasteiger partial charge in [0.15, 0.2) is 0 Å². The molecule has 3 nitrogen and oxygen atoms in total. The van der Waals surface area contributed by atoms with Gasteiger partial charge in [0.05, 0.1) is 12.7 Å². The highest BCUT2D eigenvalue weighted by Gasteiger charge is 2.42. The van der Waals surface area contributed by atoms with Gasteiger partial charge in [0.2, 0.25) is 0 Å². The summed E-state index contributed by atoms with van der Waals surface area (Å²) in [7, 11) is 0. The molecule has 2 heterocycles. The van der Waals surface area contributed by atoms with Crippen LogP contribution in [0.1, 0.15) is 12.8 Å². The second-order valence-corrected chi connectivity index (χ2v) is 3.63. The summed E-state index contributed by atoms with van der Waals surface area (Å²) in [4.78, 5) is 0. The highest BCUT2D eigenvalue weighted by atomic mass is 35.5. The quantitative estimate of drug-likeness (QED) is 0.577. The number of rotatable bonds is 0. The summed E-state index contributed by atoms with van der Waals surface area (Å²) in [5.41, 5.74) is 0.102. The van der Waals surface area contributed by atoms with Crippen molar-refractivity contribution in [3.63, 3.8) is 0 Å². The number of hydrogen-bond donors (Lipinski definition) is 2. The molecule has 0 aromatic carbocycles. The van der Waals surface area contributed by atoms with Crippen LogP contribution in [-0.2, 0) is 4.74 Å². The van der Waals surface area contributed by atoms with E-state index in [-0.39, 0.29) is 23.9 Å². The maximum Gasteiger partial charge on any atom is 0.0744 e. The van der Waals surface area contributed by atoms with Gasteiger partial charge in [-0.3, -0.25) is 0 Å². The van der Waals surface area contributed by atoms with Gasteiger partial charge in [-0.05, 0) is 19.4 Å². The lowest BCUT2D eigenvalue weighted by molar-refractivity contribution is -0.00739. The summed E-state index contributed by atoms with van der Waals surface area (Å²) in [6, 6.07) is 0. The Morgan fingerprint density at radius 1 is 1.42 bits per heavy atom. The Morgan fingerprint density at radius 3 is 2.83 bits per heavy atom. The van der Waals surface area contributed by atoms with Crippen LogP contribution >= 0.6 is 12.4 Å². The minimum Gasteiger partial charge on any atom is -0.391 e. The van der Waals surface area contributed by atoms with Gasteiger partial charge in [-0.2, -0.15) is 0 Å². The maximum atomic E-state index is 9.72. The highest BCUT2D eigenvalue weighted by Crippen LogP contribution is 2.37. The number of aliphatic hydroxyl groups is 1. The number of β-amino-alcohol motifs (C(OH)–C–C–N with tert-alkyl or cyclic N) is 1. The Balaban J connectivity index is 0.000000720. The van der Waals surface area contributed by atoms with E-state index in [1.165, 1.54) is 0 Å². The van der Waals surface area contributed by atoms with Gasteiger partial charge >= 0.3 is 0 Å². The standard InChI is InChI=1S/C8H15NO2.ClH/c10-7-5-9-3-1-8(7)2-4-11-6-8;/h7,9-10H,1-6H2;1H/t7-,8-;/m1./s1. The Labute approximate surface area is 78.9 Å². The van der Waals surface area contributed by atoms with E-state index in [2.05, 4.69) is 5.32 Å². The molecule has 12 heavy (non-hydrogen) atoms. The fourth-order valence-electron chi connectivity index (χ4n) is 2.04. The topological polar surface area (TPSA) is 41.5 Å². The fraction of sp³-hybridized carbons (Fsp3) is 1.00. The van der Waals surface area contributed by atoms with Crippen molar-refractivity contribution in [2.75, 3.05) is 26.3 Å². The van der Waals surface area contributed by atoms with Crippen molar-refractivity contribution >= 4 is 12.4 Å². The minimum absolute atomic E-state index is 0. The summed E-state index contributed by atoms with van der Waals surface area (Å²) in [6.45, 7) is 3.36. The summed E-state index contributed by atoms with van der Waals surface area (Å²) in [5.74, 6) is 0. The summed E-state index contributed by atoms with van der Waals surface area (Å²) >= 11 is 0. The lowest BCUT2D eigenvalue weighted by Crippen LogP contribution is -2.49. The zero-order valence-corrected chi connectivity index (χ0v) is 7.90. The van der Waals surface area contributed by atoms with E-state index in [0.717, 1.165) is 39.1 Å². The van der Waals surface area contributed by atoms with Gasteiger partial charge in [0.1, 0.15) is 0 Å². The molecule has 0 aromatic heterocycles. The third-order valence-corrected chi connectivity index (χ3v) is 2.98. The number of piperidine rings is 1. The van der Waals surface area contributed by atoms with Crippen LogP contribution in [0.5, 0.6) is 0 Å². The Hall–Kier alpha value is 0.170.